The highest BCUT2D eigenvalue weighted by Crippen LogP contribution is 2.19. The first-order valence-electron chi connectivity index (χ1n) is 9.31. The Morgan fingerprint density at radius 3 is 1.48 bits per heavy atom. The average molecular weight is 476 g/mol. The van der Waals surface area contributed by atoms with Gasteiger partial charge in [-0.1, -0.05) is 40.9 Å². The Kier molecular flexibility index (Phi) is 7.28. The maximum atomic E-state index is 13.3. The summed E-state index contributed by atoms with van der Waals surface area (Å²) in [5.74, 6) is -0.896. The van der Waals surface area contributed by atoms with Gasteiger partial charge in [-0.15, -0.1) is 0 Å². The van der Waals surface area contributed by atoms with Crippen LogP contribution in [0.2, 0.25) is 10.0 Å². The summed E-state index contributed by atoms with van der Waals surface area (Å²) < 4.78 is 27.4. The Morgan fingerprint density at radius 2 is 1.10 bits per heavy atom. The number of ketones is 2. The van der Waals surface area contributed by atoms with Gasteiger partial charge in [0, 0.05) is 21.2 Å². The van der Waals surface area contributed by atoms with E-state index in [1.54, 1.807) is 36.4 Å². The van der Waals surface area contributed by atoms with Crippen molar-refractivity contribution in [3.05, 3.63) is 99.5 Å². The highest BCUT2D eigenvalue weighted by atomic mass is 35.5. The van der Waals surface area contributed by atoms with Crippen LogP contribution in [0.5, 0.6) is 0 Å². The lowest BCUT2D eigenvalue weighted by Gasteiger charge is -2.21. The largest absolute Gasteiger partial charge is 0.293 e. The molecule has 3 aromatic rings. The summed E-state index contributed by atoms with van der Waals surface area (Å²) in [5.41, 5.74) is 1.49. The minimum atomic E-state index is -4.10. The molecule has 0 aliphatic heterocycles. The summed E-state index contributed by atoms with van der Waals surface area (Å²) in [7, 11) is -4.10. The highest BCUT2D eigenvalue weighted by molar-refractivity contribution is 7.89. The number of hydrogen-bond donors (Lipinski definition) is 0. The zero-order valence-corrected chi connectivity index (χ0v) is 18.9. The topological polar surface area (TPSA) is 71.5 Å². The standard InChI is InChI=1S/C23H19Cl2NO4S/c1-16-2-12-21(13-3-16)31(29,30)26(14-22(27)17-4-8-19(24)9-5-17)15-23(28)18-6-10-20(25)11-7-18/h2-13H,14-15H2,1H3. The number of rotatable bonds is 8. The Labute approximate surface area is 191 Å². The number of hydrogen-bond acceptors (Lipinski definition) is 4. The Morgan fingerprint density at radius 1 is 0.710 bits per heavy atom. The first-order valence-corrected chi connectivity index (χ1v) is 11.5. The summed E-state index contributed by atoms with van der Waals surface area (Å²) in [6.45, 7) is 0.858. The van der Waals surface area contributed by atoms with Crippen molar-refractivity contribution in [2.24, 2.45) is 0 Å². The van der Waals surface area contributed by atoms with Gasteiger partial charge >= 0.3 is 0 Å². The molecule has 0 saturated carbocycles. The van der Waals surface area contributed by atoms with Gasteiger partial charge in [-0.05, 0) is 67.6 Å². The minimum absolute atomic E-state index is 0.00547. The van der Waals surface area contributed by atoms with E-state index in [1.165, 1.54) is 36.4 Å². The highest BCUT2D eigenvalue weighted by Gasteiger charge is 2.29. The molecule has 160 valence electrons. The van der Waals surface area contributed by atoms with Crippen molar-refractivity contribution in [1.29, 1.82) is 0 Å². The molecule has 0 amide bonds. The van der Waals surface area contributed by atoms with Crippen LogP contribution in [0, 0.1) is 6.92 Å². The molecule has 0 bridgehead atoms. The maximum absolute atomic E-state index is 13.3. The molecule has 5 nitrogen and oxygen atoms in total. The summed E-state index contributed by atoms with van der Waals surface area (Å²) in [6, 6.07) is 18.5. The second-order valence-electron chi connectivity index (χ2n) is 6.95. The van der Waals surface area contributed by atoms with Crippen molar-refractivity contribution in [3.8, 4) is 0 Å². The Hall–Kier alpha value is -2.51. The second-order valence-corrected chi connectivity index (χ2v) is 9.76. The van der Waals surface area contributed by atoms with Crippen molar-refractivity contribution in [2.75, 3.05) is 13.1 Å². The van der Waals surface area contributed by atoms with Crippen LogP contribution < -0.4 is 0 Å². The van der Waals surface area contributed by atoms with Gasteiger partial charge in [0.2, 0.25) is 10.0 Å². The summed E-state index contributed by atoms with van der Waals surface area (Å²) in [5, 5.41) is 0.914. The number of Topliss-reactive ketones (excluding diaryl/α,β-unsaturated/α-hetero) is 2. The molecular weight excluding hydrogens is 457 g/mol. The fraction of sp³-hybridized carbons (Fsp3) is 0.130. The van der Waals surface area contributed by atoms with E-state index in [-0.39, 0.29) is 4.90 Å². The molecule has 0 spiro atoms. The number of halogens is 2. The van der Waals surface area contributed by atoms with E-state index < -0.39 is 34.7 Å². The summed E-state index contributed by atoms with van der Waals surface area (Å²) in [6.07, 6.45) is 0. The SMILES string of the molecule is Cc1ccc(S(=O)(=O)N(CC(=O)c2ccc(Cl)cc2)CC(=O)c2ccc(Cl)cc2)cc1. The van der Waals surface area contributed by atoms with Gasteiger partial charge < -0.3 is 0 Å². The third kappa shape index (κ3) is 5.80. The molecule has 0 aliphatic rings. The summed E-state index contributed by atoms with van der Waals surface area (Å²) >= 11 is 11.7. The molecule has 3 aromatic carbocycles. The molecule has 0 fully saturated rings. The molecular formula is C23H19Cl2NO4S. The van der Waals surface area contributed by atoms with Crippen LogP contribution in [-0.2, 0) is 10.0 Å². The van der Waals surface area contributed by atoms with Gasteiger partial charge in [-0.3, -0.25) is 9.59 Å². The Bertz CT molecular complexity index is 1130. The van der Waals surface area contributed by atoms with E-state index in [0.29, 0.717) is 21.2 Å². The molecule has 8 heteroatoms. The first kappa shape index (κ1) is 23.2. The second kappa shape index (κ2) is 9.75. The predicted octanol–water partition coefficient (Wildman–Crippen LogP) is 5.06. The molecule has 0 unspecified atom stereocenters. The van der Waals surface area contributed by atoms with Crippen molar-refractivity contribution >= 4 is 44.8 Å². The van der Waals surface area contributed by atoms with Crippen molar-refractivity contribution in [3.63, 3.8) is 0 Å². The minimum Gasteiger partial charge on any atom is -0.293 e. The fourth-order valence-electron chi connectivity index (χ4n) is 2.86. The number of carbonyl (C=O) groups is 2. The third-order valence-electron chi connectivity index (χ3n) is 4.63. The van der Waals surface area contributed by atoms with Crippen molar-refractivity contribution < 1.29 is 18.0 Å². The number of carbonyl (C=O) groups excluding carboxylic acids is 2. The normalized spacial score (nSPS) is 11.5. The zero-order chi connectivity index (χ0) is 22.6. The number of aryl methyl sites for hydroxylation is 1. The van der Waals surface area contributed by atoms with Gasteiger partial charge in [-0.25, -0.2) is 8.42 Å². The van der Waals surface area contributed by atoms with Crippen LogP contribution in [0.15, 0.2) is 77.7 Å². The van der Waals surface area contributed by atoms with Gasteiger partial charge in [0.05, 0.1) is 18.0 Å². The van der Waals surface area contributed by atoms with Crippen LogP contribution in [0.1, 0.15) is 26.3 Å². The molecule has 3 rings (SSSR count). The van der Waals surface area contributed by atoms with Crippen LogP contribution >= 0.6 is 23.2 Å². The molecule has 0 saturated heterocycles. The van der Waals surface area contributed by atoms with Gasteiger partial charge in [0.15, 0.2) is 11.6 Å². The molecule has 0 radical (unpaired) electrons. The molecule has 0 atom stereocenters. The van der Waals surface area contributed by atoms with Crippen molar-refractivity contribution in [1.82, 2.24) is 4.31 Å². The van der Waals surface area contributed by atoms with E-state index in [4.69, 9.17) is 23.2 Å². The zero-order valence-electron chi connectivity index (χ0n) is 16.6. The number of benzene rings is 3. The van der Waals surface area contributed by atoms with E-state index >= 15 is 0 Å². The monoisotopic (exact) mass is 475 g/mol. The quantitative estimate of drug-likeness (QED) is 0.426. The van der Waals surface area contributed by atoms with E-state index in [0.717, 1.165) is 9.87 Å². The Balaban J connectivity index is 1.93. The maximum Gasteiger partial charge on any atom is 0.243 e. The van der Waals surface area contributed by atoms with Crippen LogP contribution in [-0.4, -0.2) is 37.4 Å². The fourth-order valence-corrected chi connectivity index (χ4v) is 4.46. The van der Waals surface area contributed by atoms with Crippen LogP contribution in [0.4, 0.5) is 0 Å². The molecule has 31 heavy (non-hydrogen) atoms. The first-order chi connectivity index (χ1) is 14.7. The lowest BCUT2D eigenvalue weighted by molar-refractivity contribution is 0.0927. The van der Waals surface area contributed by atoms with Gasteiger partial charge in [0.1, 0.15) is 0 Å². The van der Waals surface area contributed by atoms with Gasteiger partial charge in [0.25, 0.3) is 0 Å². The molecule has 0 heterocycles. The van der Waals surface area contributed by atoms with E-state index in [9.17, 15) is 18.0 Å². The molecule has 0 aliphatic carbocycles. The number of nitrogens with zero attached hydrogens (tertiary/aromatic N) is 1. The lowest BCUT2D eigenvalue weighted by atomic mass is 10.1. The predicted molar refractivity (Wildman–Crippen MR) is 122 cm³/mol. The average Bonchev–Trinajstić information content (AvgIpc) is 2.74. The van der Waals surface area contributed by atoms with E-state index in [2.05, 4.69) is 0 Å². The number of sulfonamides is 1. The van der Waals surface area contributed by atoms with Crippen LogP contribution in [0.3, 0.4) is 0 Å². The lowest BCUT2D eigenvalue weighted by Crippen LogP contribution is -2.39. The summed E-state index contributed by atoms with van der Waals surface area (Å²) in [4.78, 5) is 25.6. The van der Waals surface area contributed by atoms with Crippen LogP contribution in [0.25, 0.3) is 0 Å². The molecule has 0 aromatic heterocycles. The molecule has 0 N–H and O–H groups in total. The van der Waals surface area contributed by atoms with Crippen molar-refractivity contribution in [2.45, 2.75) is 11.8 Å². The third-order valence-corrected chi connectivity index (χ3v) is 6.94. The van der Waals surface area contributed by atoms with E-state index in [1.807, 2.05) is 6.92 Å². The van der Waals surface area contributed by atoms with Gasteiger partial charge in [-0.2, -0.15) is 4.31 Å². The smallest absolute Gasteiger partial charge is 0.243 e.